The van der Waals surface area contributed by atoms with E-state index in [1.54, 1.807) is 0 Å². The van der Waals surface area contributed by atoms with Crippen LogP contribution >= 0.6 is 0 Å². The van der Waals surface area contributed by atoms with Gasteiger partial charge >= 0.3 is 0 Å². The van der Waals surface area contributed by atoms with Gasteiger partial charge in [0, 0.05) is 32.7 Å². The standard InChI is InChI=1S/C18H31N3O/c1-5-19-14-16-7-8-17(18(13-16)22-15(3)4)21-11-9-20(6-2)10-12-21/h7-8,13,15,19H,5-6,9-12,14H2,1-4H3. The van der Waals surface area contributed by atoms with Gasteiger partial charge in [-0.2, -0.15) is 0 Å². The summed E-state index contributed by atoms with van der Waals surface area (Å²) in [5.74, 6) is 1.02. The van der Waals surface area contributed by atoms with Crippen LogP contribution in [0, 0.1) is 0 Å². The molecule has 0 atom stereocenters. The van der Waals surface area contributed by atoms with Crippen molar-refractivity contribution in [2.75, 3.05) is 44.2 Å². The first-order valence-corrected chi connectivity index (χ1v) is 8.61. The van der Waals surface area contributed by atoms with Gasteiger partial charge in [0.15, 0.2) is 0 Å². The lowest BCUT2D eigenvalue weighted by Crippen LogP contribution is -2.46. The van der Waals surface area contributed by atoms with Gasteiger partial charge in [0.1, 0.15) is 5.75 Å². The predicted octanol–water partition coefficient (Wildman–Crippen LogP) is 2.73. The second kappa shape index (κ2) is 8.39. The van der Waals surface area contributed by atoms with E-state index in [-0.39, 0.29) is 6.10 Å². The van der Waals surface area contributed by atoms with E-state index in [0.717, 1.165) is 51.6 Å². The molecule has 0 aliphatic carbocycles. The molecular weight excluding hydrogens is 274 g/mol. The molecule has 0 unspecified atom stereocenters. The van der Waals surface area contributed by atoms with Crippen molar-refractivity contribution in [3.63, 3.8) is 0 Å². The van der Waals surface area contributed by atoms with Crippen LogP contribution < -0.4 is 15.0 Å². The maximum Gasteiger partial charge on any atom is 0.143 e. The van der Waals surface area contributed by atoms with E-state index >= 15 is 0 Å². The molecule has 1 saturated heterocycles. The Morgan fingerprint density at radius 3 is 2.45 bits per heavy atom. The maximum absolute atomic E-state index is 6.09. The van der Waals surface area contributed by atoms with Crippen LogP contribution in [0.1, 0.15) is 33.3 Å². The molecule has 0 radical (unpaired) electrons. The van der Waals surface area contributed by atoms with Crippen molar-refractivity contribution in [2.24, 2.45) is 0 Å². The highest BCUT2D eigenvalue weighted by molar-refractivity contribution is 5.60. The first-order valence-electron chi connectivity index (χ1n) is 8.61. The van der Waals surface area contributed by atoms with Gasteiger partial charge in [0.2, 0.25) is 0 Å². The molecule has 2 rings (SSSR count). The normalized spacial score (nSPS) is 16.3. The largest absolute Gasteiger partial charge is 0.489 e. The average Bonchev–Trinajstić information content (AvgIpc) is 2.53. The van der Waals surface area contributed by atoms with Crippen molar-refractivity contribution in [3.8, 4) is 5.75 Å². The van der Waals surface area contributed by atoms with Crippen molar-refractivity contribution in [1.29, 1.82) is 0 Å². The fourth-order valence-electron chi connectivity index (χ4n) is 2.85. The molecule has 124 valence electrons. The maximum atomic E-state index is 6.09. The average molecular weight is 305 g/mol. The molecule has 0 bridgehead atoms. The van der Waals surface area contributed by atoms with E-state index in [9.17, 15) is 0 Å². The fourth-order valence-corrected chi connectivity index (χ4v) is 2.85. The fraction of sp³-hybridized carbons (Fsp3) is 0.667. The Morgan fingerprint density at radius 1 is 1.14 bits per heavy atom. The van der Waals surface area contributed by atoms with Crippen LogP contribution in [0.25, 0.3) is 0 Å². The molecule has 1 aromatic carbocycles. The lowest BCUT2D eigenvalue weighted by Gasteiger charge is -2.36. The number of rotatable bonds is 7. The Balaban J connectivity index is 2.14. The molecule has 1 heterocycles. The van der Waals surface area contributed by atoms with Crippen molar-refractivity contribution < 1.29 is 4.74 Å². The molecular formula is C18H31N3O. The monoisotopic (exact) mass is 305 g/mol. The van der Waals surface area contributed by atoms with Crippen molar-refractivity contribution in [3.05, 3.63) is 23.8 Å². The van der Waals surface area contributed by atoms with E-state index < -0.39 is 0 Å². The summed E-state index contributed by atoms with van der Waals surface area (Å²) in [6.45, 7) is 16.0. The summed E-state index contributed by atoms with van der Waals surface area (Å²) in [4.78, 5) is 4.96. The van der Waals surface area contributed by atoms with Gasteiger partial charge in [-0.1, -0.05) is 19.9 Å². The van der Waals surface area contributed by atoms with Crippen molar-refractivity contribution in [2.45, 2.75) is 40.3 Å². The Bertz CT molecular complexity index is 454. The van der Waals surface area contributed by atoms with Gasteiger partial charge in [-0.15, -0.1) is 0 Å². The van der Waals surface area contributed by atoms with Crippen LogP contribution in [0.2, 0.25) is 0 Å². The molecule has 1 N–H and O–H groups in total. The van der Waals surface area contributed by atoms with Crippen molar-refractivity contribution >= 4 is 5.69 Å². The minimum atomic E-state index is 0.199. The van der Waals surface area contributed by atoms with Crippen LogP contribution in [0.5, 0.6) is 5.75 Å². The molecule has 22 heavy (non-hydrogen) atoms. The molecule has 0 aromatic heterocycles. The predicted molar refractivity (Wildman–Crippen MR) is 93.9 cm³/mol. The van der Waals surface area contributed by atoms with E-state index in [0.29, 0.717) is 0 Å². The van der Waals surface area contributed by atoms with E-state index in [1.807, 2.05) is 0 Å². The summed E-state index contributed by atoms with van der Waals surface area (Å²) in [7, 11) is 0. The number of benzene rings is 1. The number of nitrogens with zero attached hydrogens (tertiary/aromatic N) is 2. The van der Waals surface area contributed by atoms with Gasteiger partial charge in [-0.3, -0.25) is 0 Å². The van der Waals surface area contributed by atoms with Gasteiger partial charge in [-0.25, -0.2) is 0 Å². The summed E-state index contributed by atoms with van der Waals surface area (Å²) in [6, 6.07) is 6.65. The zero-order valence-electron chi connectivity index (χ0n) is 14.6. The van der Waals surface area contributed by atoms with Crippen LogP contribution in [0.15, 0.2) is 18.2 Å². The summed E-state index contributed by atoms with van der Waals surface area (Å²) < 4.78 is 6.09. The minimum absolute atomic E-state index is 0.199. The molecule has 1 fully saturated rings. The molecule has 0 saturated carbocycles. The third-order valence-electron chi connectivity index (χ3n) is 4.13. The van der Waals surface area contributed by atoms with Gasteiger partial charge in [0.25, 0.3) is 0 Å². The van der Waals surface area contributed by atoms with Gasteiger partial charge in [-0.05, 0) is 44.6 Å². The first kappa shape index (κ1) is 17.1. The number of ether oxygens (including phenoxy) is 1. The van der Waals surface area contributed by atoms with Crippen LogP contribution in [-0.2, 0) is 6.54 Å². The molecule has 0 amide bonds. The second-order valence-electron chi connectivity index (χ2n) is 6.17. The zero-order chi connectivity index (χ0) is 15.9. The summed E-state index contributed by atoms with van der Waals surface area (Å²) in [6.07, 6.45) is 0.199. The number of likely N-dealkylation sites (N-methyl/N-ethyl adjacent to an activating group) is 1. The van der Waals surface area contributed by atoms with Crippen LogP contribution in [-0.4, -0.2) is 50.3 Å². The Morgan fingerprint density at radius 2 is 1.86 bits per heavy atom. The summed E-state index contributed by atoms with van der Waals surface area (Å²) >= 11 is 0. The third-order valence-corrected chi connectivity index (χ3v) is 4.13. The van der Waals surface area contributed by atoms with Crippen LogP contribution in [0.3, 0.4) is 0 Å². The molecule has 1 aliphatic rings. The van der Waals surface area contributed by atoms with E-state index in [1.165, 1.54) is 11.3 Å². The molecule has 1 aromatic rings. The summed E-state index contributed by atoms with van der Waals surface area (Å²) in [5.41, 5.74) is 2.53. The molecule has 4 nitrogen and oxygen atoms in total. The molecule has 0 spiro atoms. The van der Waals surface area contributed by atoms with Gasteiger partial charge < -0.3 is 19.9 Å². The zero-order valence-corrected chi connectivity index (χ0v) is 14.6. The van der Waals surface area contributed by atoms with Gasteiger partial charge in [0.05, 0.1) is 11.8 Å². The number of piperazine rings is 1. The Hall–Kier alpha value is -1.26. The van der Waals surface area contributed by atoms with E-state index in [2.05, 4.69) is 61.0 Å². The SMILES string of the molecule is CCNCc1ccc(N2CCN(CC)CC2)c(OC(C)C)c1. The Labute approximate surface area is 135 Å². The van der Waals surface area contributed by atoms with Crippen molar-refractivity contribution in [1.82, 2.24) is 10.2 Å². The number of hydrogen-bond acceptors (Lipinski definition) is 4. The van der Waals surface area contributed by atoms with Crippen LogP contribution in [0.4, 0.5) is 5.69 Å². The lowest BCUT2D eigenvalue weighted by molar-refractivity contribution is 0.239. The topological polar surface area (TPSA) is 27.7 Å². The quantitative estimate of drug-likeness (QED) is 0.838. The smallest absolute Gasteiger partial charge is 0.143 e. The second-order valence-corrected chi connectivity index (χ2v) is 6.17. The van der Waals surface area contributed by atoms with E-state index in [4.69, 9.17) is 4.74 Å². The summed E-state index contributed by atoms with van der Waals surface area (Å²) in [5, 5.41) is 3.38. The third kappa shape index (κ3) is 4.62. The number of anilines is 1. The highest BCUT2D eigenvalue weighted by Crippen LogP contribution is 2.31. The number of hydrogen-bond donors (Lipinski definition) is 1. The highest BCUT2D eigenvalue weighted by atomic mass is 16.5. The lowest BCUT2D eigenvalue weighted by atomic mass is 10.1. The Kier molecular flexibility index (Phi) is 6.52. The molecule has 1 aliphatic heterocycles. The highest BCUT2D eigenvalue weighted by Gasteiger charge is 2.19. The minimum Gasteiger partial charge on any atom is -0.489 e. The number of nitrogens with one attached hydrogen (secondary N) is 1. The first-order chi connectivity index (χ1) is 10.6. The molecule has 4 heteroatoms.